The molecular formula is C6H10P+. The minimum atomic E-state index is 0.278. The summed E-state index contributed by atoms with van der Waals surface area (Å²) in [5, 5.41) is 0. The molecule has 1 atom stereocenters. The van der Waals surface area contributed by atoms with Crippen LogP contribution >= 0.6 is 7.55 Å². The highest BCUT2D eigenvalue weighted by molar-refractivity contribution is 7.57. The molecule has 0 radical (unpaired) electrons. The summed E-state index contributed by atoms with van der Waals surface area (Å²) in [5.41, 5.74) is 1.48. The first-order valence-corrected chi connectivity index (χ1v) is 4.55. The Hall–Kier alpha value is -0.0900. The zero-order chi connectivity index (χ0) is 5.28. The molecule has 38 valence electrons. The van der Waals surface area contributed by atoms with Crippen molar-refractivity contribution in [3.8, 4) is 0 Å². The Balaban J connectivity index is 2.69. The van der Waals surface area contributed by atoms with E-state index in [4.69, 9.17) is 0 Å². The first-order chi connectivity index (χ1) is 3.29. The van der Waals surface area contributed by atoms with Crippen molar-refractivity contribution in [2.45, 2.75) is 6.92 Å². The van der Waals surface area contributed by atoms with Crippen LogP contribution in [0.4, 0.5) is 0 Å². The fourth-order valence-electron chi connectivity index (χ4n) is 0.741. The molecule has 1 aliphatic rings. The van der Waals surface area contributed by atoms with Gasteiger partial charge >= 0.3 is 0 Å². The Kier molecular flexibility index (Phi) is 1.30. The standard InChI is InChI=1S/C6H10P/c1-6-3-4-7(2)5-6/h3,5H,4H2,1-2H3/q+1. The monoisotopic (exact) mass is 113 g/mol. The zero-order valence-corrected chi connectivity index (χ0v) is 5.70. The van der Waals surface area contributed by atoms with E-state index in [1.54, 1.807) is 0 Å². The zero-order valence-electron chi connectivity index (χ0n) is 4.81. The van der Waals surface area contributed by atoms with E-state index >= 15 is 0 Å². The van der Waals surface area contributed by atoms with Crippen LogP contribution in [0.5, 0.6) is 0 Å². The van der Waals surface area contributed by atoms with Crippen molar-refractivity contribution in [2.24, 2.45) is 0 Å². The van der Waals surface area contributed by atoms with Crippen LogP contribution in [0.25, 0.3) is 0 Å². The second-order valence-corrected chi connectivity index (χ2v) is 4.15. The van der Waals surface area contributed by atoms with Crippen molar-refractivity contribution in [2.75, 3.05) is 12.8 Å². The third-order valence-corrected chi connectivity index (χ3v) is 2.73. The maximum atomic E-state index is 2.37. The second-order valence-electron chi connectivity index (χ2n) is 2.02. The van der Waals surface area contributed by atoms with Crippen LogP contribution in [-0.4, -0.2) is 18.6 Å². The maximum absolute atomic E-state index is 2.37. The molecule has 0 aromatic carbocycles. The fourth-order valence-corrected chi connectivity index (χ4v) is 2.22. The van der Waals surface area contributed by atoms with Crippen molar-refractivity contribution in [3.05, 3.63) is 11.6 Å². The third-order valence-electron chi connectivity index (χ3n) is 1.13. The summed E-state index contributed by atoms with van der Waals surface area (Å²) in [4.78, 5) is 0. The maximum Gasteiger partial charge on any atom is 0.125 e. The molecule has 0 saturated heterocycles. The minimum absolute atomic E-state index is 0.278. The van der Waals surface area contributed by atoms with Gasteiger partial charge in [0.05, 0.1) is 14.2 Å². The normalized spacial score (nSPS) is 24.3. The van der Waals surface area contributed by atoms with E-state index in [9.17, 15) is 0 Å². The van der Waals surface area contributed by atoms with Crippen LogP contribution in [0, 0.1) is 0 Å². The van der Waals surface area contributed by atoms with Crippen LogP contribution in [-0.2, 0) is 0 Å². The molecule has 0 saturated carbocycles. The molecule has 1 unspecified atom stereocenters. The van der Waals surface area contributed by atoms with Crippen molar-refractivity contribution in [1.82, 2.24) is 0 Å². The Bertz CT molecular complexity index is 131. The third kappa shape index (κ3) is 1.14. The first kappa shape index (κ1) is 5.05. The summed E-state index contributed by atoms with van der Waals surface area (Å²) in [6, 6.07) is 0. The predicted molar refractivity (Wildman–Crippen MR) is 37.5 cm³/mol. The lowest BCUT2D eigenvalue weighted by Gasteiger charge is -1.66. The molecule has 0 aromatic heterocycles. The van der Waals surface area contributed by atoms with Crippen LogP contribution in [0.2, 0.25) is 0 Å². The van der Waals surface area contributed by atoms with Crippen molar-refractivity contribution in [1.29, 1.82) is 0 Å². The highest BCUT2D eigenvalue weighted by atomic mass is 31.1. The lowest BCUT2D eigenvalue weighted by Crippen LogP contribution is -1.63. The SMILES string of the molecule is CC1=CC[P+](C)=C1. The molecule has 1 aliphatic heterocycles. The summed E-state index contributed by atoms with van der Waals surface area (Å²) >= 11 is 0. The summed E-state index contributed by atoms with van der Waals surface area (Å²) in [6.07, 6.45) is 3.63. The molecule has 0 N–H and O–H groups in total. The second kappa shape index (κ2) is 1.79. The van der Waals surface area contributed by atoms with Crippen LogP contribution in [0.1, 0.15) is 6.92 Å². The van der Waals surface area contributed by atoms with Crippen molar-refractivity contribution < 1.29 is 0 Å². The largest absolute Gasteiger partial charge is 0.125 e. The topological polar surface area (TPSA) is 0 Å². The molecule has 7 heavy (non-hydrogen) atoms. The van der Waals surface area contributed by atoms with E-state index in [0.29, 0.717) is 0 Å². The highest BCUT2D eigenvalue weighted by Crippen LogP contribution is 2.23. The van der Waals surface area contributed by atoms with Gasteiger partial charge in [-0.1, -0.05) is 0 Å². The van der Waals surface area contributed by atoms with Gasteiger partial charge in [-0.2, -0.15) is 0 Å². The number of rotatable bonds is 0. The van der Waals surface area contributed by atoms with Crippen LogP contribution in [0.3, 0.4) is 0 Å². The summed E-state index contributed by atoms with van der Waals surface area (Å²) < 4.78 is 0. The number of hydrogen-bond donors (Lipinski definition) is 0. The molecule has 0 spiro atoms. The summed E-state index contributed by atoms with van der Waals surface area (Å²) in [6.45, 7) is 4.48. The molecule has 1 heterocycles. The Morgan fingerprint density at radius 1 is 1.71 bits per heavy atom. The van der Waals surface area contributed by atoms with Gasteiger partial charge in [-0.3, -0.25) is 0 Å². The summed E-state index contributed by atoms with van der Waals surface area (Å²) in [5.74, 6) is 2.37. The lowest BCUT2D eigenvalue weighted by atomic mass is 10.3. The molecule has 1 heteroatoms. The van der Waals surface area contributed by atoms with Gasteiger partial charge in [0, 0.05) is 0 Å². The quantitative estimate of drug-likeness (QED) is 0.420. The van der Waals surface area contributed by atoms with E-state index < -0.39 is 0 Å². The van der Waals surface area contributed by atoms with E-state index in [1.165, 1.54) is 11.7 Å². The van der Waals surface area contributed by atoms with Crippen LogP contribution < -0.4 is 0 Å². The Morgan fingerprint density at radius 2 is 2.43 bits per heavy atom. The van der Waals surface area contributed by atoms with Gasteiger partial charge in [-0.25, -0.2) is 0 Å². The molecule has 0 amide bonds. The molecule has 0 nitrogen and oxygen atoms in total. The molecule has 0 fully saturated rings. The minimum Gasteiger partial charge on any atom is -0.0362 e. The van der Waals surface area contributed by atoms with E-state index in [2.05, 4.69) is 25.5 Å². The smallest absolute Gasteiger partial charge is 0.0362 e. The van der Waals surface area contributed by atoms with Crippen molar-refractivity contribution >= 4 is 13.3 Å². The Morgan fingerprint density at radius 3 is 2.57 bits per heavy atom. The van der Waals surface area contributed by atoms with Crippen molar-refractivity contribution in [3.63, 3.8) is 0 Å². The van der Waals surface area contributed by atoms with Gasteiger partial charge in [0.1, 0.15) is 12.0 Å². The molecule has 0 aliphatic carbocycles. The average molecular weight is 113 g/mol. The molecule has 0 bridgehead atoms. The predicted octanol–water partition coefficient (Wildman–Crippen LogP) is 1.86. The van der Waals surface area contributed by atoms with Gasteiger partial charge in [0.15, 0.2) is 0 Å². The Labute approximate surface area is 45.6 Å². The number of hydrogen-bond acceptors (Lipinski definition) is 0. The number of allylic oxidation sites excluding steroid dienone is 2. The first-order valence-electron chi connectivity index (χ1n) is 2.51. The van der Waals surface area contributed by atoms with E-state index in [0.717, 1.165) is 0 Å². The fraction of sp³-hybridized carbons (Fsp3) is 0.500. The molecular weight excluding hydrogens is 103 g/mol. The van der Waals surface area contributed by atoms with Gasteiger partial charge in [0.25, 0.3) is 0 Å². The summed E-state index contributed by atoms with van der Waals surface area (Å²) in [7, 11) is 0.278. The average Bonchev–Trinajstić information content (AvgIpc) is 1.87. The lowest BCUT2D eigenvalue weighted by molar-refractivity contribution is 1.60. The van der Waals surface area contributed by atoms with E-state index in [1.807, 2.05) is 0 Å². The highest BCUT2D eigenvalue weighted by Gasteiger charge is 2.05. The van der Waals surface area contributed by atoms with Crippen LogP contribution in [0.15, 0.2) is 11.6 Å². The molecule has 1 rings (SSSR count). The van der Waals surface area contributed by atoms with Gasteiger partial charge < -0.3 is 0 Å². The van der Waals surface area contributed by atoms with Gasteiger partial charge in [-0.05, 0) is 18.6 Å². The molecule has 0 aromatic rings. The van der Waals surface area contributed by atoms with E-state index in [-0.39, 0.29) is 7.55 Å². The van der Waals surface area contributed by atoms with Gasteiger partial charge in [0.2, 0.25) is 0 Å². The van der Waals surface area contributed by atoms with Gasteiger partial charge in [-0.15, -0.1) is 0 Å².